The zero-order valence-corrected chi connectivity index (χ0v) is 25.3. The molecule has 0 unspecified atom stereocenters. The minimum absolute atomic E-state index is 0.126. The summed E-state index contributed by atoms with van der Waals surface area (Å²) in [4.78, 5) is 35.0. The molecule has 1 aromatic heterocycles. The van der Waals surface area contributed by atoms with Crippen LogP contribution < -0.4 is 14.5 Å². The van der Waals surface area contributed by atoms with E-state index in [0.717, 1.165) is 36.6 Å². The predicted molar refractivity (Wildman–Crippen MR) is 171 cm³/mol. The Bertz CT molecular complexity index is 1540. The molecule has 0 bridgehead atoms. The number of benzene rings is 2. The second-order valence-corrected chi connectivity index (χ2v) is 12.0. The molecular weight excluding hydrogens is 538 g/mol. The molecule has 2 aromatic carbocycles. The molecule has 2 aliphatic heterocycles. The lowest BCUT2D eigenvalue weighted by Crippen LogP contribution is -2.56. The number of aromatic nitrogens is 2. The molecule has 43 heavy (non-hydrogen) atoms. The maximum atomic E-state index is 12.5. The van der Waals surface area contributed by atoms with Crippen LogP contribution in [0.15, 0.2) is 49.1 Å². The third-order valence-electron chi connectivity index (χ3n) is 9.37. The molecule has 0 spiro atoms. The Morgan fingerprint density at radius 2 is 1.98 bits per heavy atom. The molecule has 1 atom stereocenters. The Labute approximate surface area is 254 Å². The molecular formula is C34H41N7O2. The van der Waals surface area contributed by atoms with E-state index in [-0.39, 0.29) is 18.5 Å². The van der Waals surface area contributed by atoms with Gasteiger partial charge in [0.15, 0.2) is 0 Å². The largest absolute Gasteiger partial charge is 0.462 e. The highest BCUT2D eigenvalue weighted by Gasteiger charge is 2.35. The predicted octanol–water partition coefficient (Wildman–Crippen LogP) is 4.49. The average molecular weight is 580 g/mol. The van der Waals surface area contributed by atoms with Crippen molar-refractivity contribution in [1.82, 2.24) is 19.8 Å². The number of carbonyl (C=O) groups excluding carboxylic acids is 1. The van der Waals surface area contributed by atoms with Gasteiger partial charge in [-0.05, 0) is 56.3 Å². The number of hydrogen-bond acceptors (Lipinski definition) is 7. The maximum absolute atomic E-state index is 12.5. The first-order valence-corrected chi connectivity index (χ1v) is 15.4. The lowest BCUT2D eigenvalue weighted by atomic mass is 9.92. The number of nitrogens with zero attached hydrogens (tertiary/aromatic N) is 7. The minimum Gasteiger partial charge on any atom is -0.462 e. The first kappa shape index (κ1) is 28.9. The second-order valence-electron chi connectivity index (χ2n) is 12.0. The molecule has 1 saturated heterocycles. The number of fused-ring (bicyclic) bond motifs is 2. The first-order chi connectivity index (χ1) is 21.0. The number of carbonyl (C=O) groups is 1. The van der Waals surface area contributed by atoms with Crippen molar-refractivity contribution in [2.75, 3.05) is 62.7 Å². The zero-order chi connectivity index (χ0) is 29.9. The maximum Gasteiger partial charge on any atom is 0.318 e. The summed E-state index contributed by atoms with van der Waals surface area (Å²) in [6, 6.07) is 13.8. The second kappa shape index (κ2) is 12.6. The van der Waals surface area contributed by atoms with E-state index < -0.39 is 0 Å². The van der Waals surface area contributed by atoms with Gasteiger partial charge in [0.25, 0.3) is 0 Å². The lowest BCUT2D eigenvalue weighted by Gasteiger charge is -2.41. The van der Waals surface area contributed by atoms with Crippen LogP contribution in [0.4, 0.5) is 11.5 Å². The van der Waals surface area contributed by atoms with Crippen LogP contribution in [-0.4, -0.2) is 90.7 Å². The van der Waals surface area contributed by atoms with Gasteiger partial charge in [0.1, 0.15) is 18.5 Å². The zero-order valence-electron chi connectivity index (χ0n) is 25.3. The summed E-state index contributed by atoms with van der Waals surface area (Å²) in [5, 5.41) is 2.52. The third-order valence-corrected chi connectivity index (χ3v) is 9.37. The third kappa shape index (κ3) is 5.89. The smallest absolute Gasteiger partial charge is 0.318 e. The summed E-state index contributed by atoms with van der Waals surface area (Å²) < 4.78 is 6.24. The van der Waals surface area contributed by atoms with Crippen molar-refractivity contribution < 1.29 is 9.53 Å². The summed E-state index contributed by atoms with van der Waals surface area (Å²) in [5.74, 6) is 0.750. The SMILES string of the molecule is [C-]#[N+]C[C@H]1CN(c2nc(OCCN(C)C3CCC3)nc3c2CCN(c2cccc4cccc(C)c24)C3)CCN1C(=O)C=C. The van der Waals surface area contributed by atoms with E-state index in [1.807, 2.05) is 0 Å². The van der Waals surface area contributed by atoms with Gasteiger partial charge in [0.05, 0.1) is 12.2 Å². The monoisotopic (exact) mass is 579 g/mol. The van der Waals surface area contributed by atoms with Crippen molar-refractivity contribution in [3.63, 3.8) is 0 Å². The molecule has 3 heterocycles. The molecule has 1 aliphatic carbocycles. The van der Waals surface area contributed by atoms with Gasteiger partial charge in [-0.25, -0.2) is 6.57 Å². The normalized spacial score (nSPS) is 18.7. The van der Waals surface area contributed by atoms with Crippen molar-refractivity contribution in [2.24, 2.45) is 0 Å². The van der Waals surface area contributed by atoms with Gasteiger partial charge in [-0.3, -0.25) is 4.79 Å². The molecule has 2 fully saturated rings. The number of piperazine rings is 1. The van der Waals surface area contributed by atoms with Crippen molar-refractivity contribution in [2.45, 2.75) is 51.2 Å². The lowest BCUT2D eigenvalue weighted by molar-refractivity contribution is -0.128. The number of ether oxygens (including phenoxy) is 1. The van der Waals surface area contributed by atoms with Crippen LogP contribution in [0, 0.1) is 13.5 Å². The van der Waals surface area contributed by atoms with E-state index in [4.69, 9.17) is 21.3 Å². The summed E-state index contributed by atoms with van der Waals surface area (Å²) in [7, 11) is 2.16. The van der Waals surface area contributed by atoms with Gasteiger partial charge >= 0.3 is 6.01 Å². The number of likely N-dealkylation sites (N-methyl/N-ethyl adjacent to an activating group) is 1. The quantitative estimate of drug-likeness (QED) is 0.273. The van der Waals surface area contributed by atoms with Gasteiger partial charge in [-0.1, -0.05) is 43.3 Å². The molecule has 6 rings (SSSR count). The van der Waals surface area contributed by atoms with Gasteiger partial charge in [-0.15, -0.1) is 0 Å². The van der Waals surface area contributed by atoms with Crippen LogP contribution >= 0.6 is 0 Å². The molecule has 3 aromatic rings. The van der Waals surface area contributed by atoms with Gasteiger partial charge in [0.2, 0.25) is 12.5 Å². The number of rotatable bonds is 9. The van der Waals surface area contributed by atoms with E-state index in [0.29, 0.717) is 44.8 Å². The van der Waals surface area contributed by atoms with Crippen LogP contribution in [0.2, 0.25) is 0 Å². The Balaban J connectivity index is 1.30. The summed E-state index contributed by atoms with van der Waals surface area (Å²) in [6.07, 6.45) is 5.96. The molecule has 1 amide bonds. The van der Waals surface area contributed by atoms with Crippen molar-refractivity contribution in [3.8, 4) is 6.01 Å². The Hall–Kier alpha value is -4.16. The highest BCUT2D eigenvalue weighted by Crippen LogP contribution is 2.36. The van der Waals surface area contributed by atoms with Crippen LogP contribution in [0.5, 0.6) is 6.01 Å². The van der Waals surface area contributed by atoms with E-state index in [1.165, 1.54) is 47.4 Å². The van der Waals surface area contributed by atoms with Crippen LogP contribution in [0.25, 0.3) is 15.6 Å². The summed E-state index contributed by atoms with van der Waals surface area (Å²) >= 11 is 0. The fourth-order valence-electron chi connectivity index (χ4n) is 6.70. The Kier molecular flexibility index (Phi) is 8.48. The number of amides is 1. The standard InChI is InChI=1S/C34H41N7O2/c1-5-31(42)41-18-17-40(22-27(41)21-35-3)33-28-15-16-39(30-14-7-11-25-10-6-9-24(2)32(25)30)23-29(28)36-34(37-33)43-20-19-38(4)26-12-8-13-26/h5-7,9-11,14,26-27H,1,8,12-13,15-23H2,2,4H3/t27-/m0/s1. The first-order valence-electron chi connectivity index (χ1n) is 15.4. The average Bonchev–Trinajstić information content (AvgIpc) is 2.99. The molecule has 0 radical (unpaired) electrons. The fraction of sp³-hybridized carbons (Fsp3) is 0.471. The van der Waals surface area contributed by atoms with Crippen LogP contribution in [0.1, 0.15) is 36.1 Å². The summed E-state index contributed by atoms with van der Waals surface area (Å²) in [6.45, 7) is 18.2. The molecule has 3 aliphatic rings. The molecule has 1 saturated carbocycles. The fourth-order valence-corrected chi connectivity index (χ4v) is 6.70. The van der Waals surface area contributed by atoms with E-state index in [1.54, 1.807) is 4.90 Å². The molecule has 9 nitrogen and oxygen atoms in total. The van der Waals surface area contributed by atoms with Gasteiger partial charge in [-0.2, -0.15) is 9.97 Å². The van der Waals surface area contributed by atoms with Crippen molar-refractivity contribution >= 4 is 28.2 Å². The molecule has 224 valence electrons. The Morgan fingerprint density at radius 3 is 2.72 bits per heavy atom. The molecule has 0 N–H and O–H groups in total. The van der Waals surface area contributed by atoms with Crippen molar-refractivity contribution in [1.29, 1.82) is 0 Å². The van der Waals surface area contributed by atoms with Crippen LogP contribution in [0.3, 0.4) is 0 Å². The van der Waals surface area contributed by atoms with Crippen molar-refractivity contribution in [3.05, 3.63) is 77.3 Å². The van der Waals surface area contributed by atoms with Crippen LogP contribution in [-0.2, 0) is 17.8 Å². The molecule has 9 heteroatoms. The number of aryl methyl sites for hydroxylation is 1. The van der Waals surface area contributed by atoms with Gasteiger partial charge in [0, 0.05) is 55.4 Å². The van der Waals surface area contributed by atoms with E-state index in [9.17, 15) is 4.79 Å². The highest BCUT2D eigenvalue weighted by atomic mass is 16.5. The topological polar surface area (TPSA) is 69.4 Å². The Morgan fingerprint density at radius 1 is 1.16 bits per heavy atom. The minimum atomic E-state index is -0.221. The van der Waals surface area contributed by atoms with E-state index in [2.05, 4.69) is 76.5 Å². The van der Waals surface area contributed by atoms with Gasteiger partial charge < -0.3 is 29.2 Å². The summed E-state index contributed by atoms with van der Waals surface area (Å²) in [5.41, 5.74) is 4.60. The number of hydrogen-bond donors (Lipinski definition) is 0. The number of anilines is 2. The highest BCUT2D eigenvalue weighted by molar-refractivity contribution is 5.97. The van der Waals surface area contributed by atoms with E-state index >= 15 is 0 Å².